The first-order valence-corrected chi connectivity index (χ1v) is 28.8. The van der Waals surface area contributed by atoms with Gasteiger partial charge in [-0.3, -0.25) is 9.35 Å². The van der Waals surface area contributed by atoms with E-state index in [0.29, 0.717) is 13.0 Å². The molecule has 13 heteroatoms. The van der Waals surface area contributed by atoms with Crippen LogP contribution in [0.15, 0.2) is 48.6 Å². The van der Waals surface area contributed by atoms with Crippen molar-refractivity contribution in [2.24, 2.45) is 0 Å². The Morgan fingerprint density at radius 2 is 1.01 bits per heavy atom. The van der Waals surface area contributed by atoms with Gasteiger partial charge >= 0.3 is 16.4 Å². The lowest BCUT2D eigenvalue weighted by atomic mass is 9.99. The largest absolute Gasteiger partial charge is 0.457 e. The molecular formula is C55H100O12S. The van der Waals surface area contributed by atoms with E-state index in [0.717, 1.165) is 64.2 Å². The Morgan fingerprint density at radius 3 is 1.49 bits per heavy atom. The number of rotatable bonds is 48. The maximum Gasteiger partial charge on any atom is 0.397 e. The fraction of sp³-hybridized carbons (Fsp3) is 0.836. The minimum atomic E-state index is -5.07. The van der Waals surface area contributed by atoms with E-state index < -0.39 is 59.8 Å². The van der Waals surface area contributed by atoms with E-state index in [4.69, 9.17) is 18.9 Å². The minimum Gasteiger partial charge on any atom is -0.457 e. The molecule has 6 unspecified atom stereocenters. The molecule has 4 N–H and O–H groups in total. The predicted octanol–water partition coefficient (Wildman–Crippen LogP) is 13.1. The highest BCUT2D eigenvalue weighted by molar-refractivity contribution is 7.80. The van der Waals surface area contributed by atoms with Gasteiger partial charge in [-0.25, -0.2) is 4.18 Å². The number of allylic oxidation sites excluding steroid dienone is 8. The molecule has 1 rings (SSSR count). The Labute approximate surface area is 415 Å². The summed E-state index contributed by atoms with van der Waals surface area (Å²) in [6, 6.07) is 0. The van der Waals surface area contributed by atoms with Crippen LogP contribution in [0.5, 0.6) is 0 Å². The molecule has 1 aliphatic heterocycles. The van der Waals surface area contributed by atoms with Crippen molar-refractivity contribution in [2.75, 3.05) is 26.4 Å². The van der Waals surface area contributed by atoms with E-state index in [1.165, 1.54) is 141 Å². The average Bonchev–Trinajstić information content (AvgIpc) is 3.31. The second kappa shape index (κ2) is 46.2. The van der Waals surface area contributed by atoms with Gasteiger partial charge in [0.1, 0.15) is 30.5 Å². The van der Waals surface area contributed by atoms with Crippen molar-refractivity contribution < 1.29 is 56.2 Å². The zero-order chi connectivity index (χ0) is 49.6. The van der Waals surface area contributed by atoms with Crippen molar-refractivity contribution in [1.29, 1.82) is 0 Å². The second-order valence-corrected chi connectivity index (χ2v) is 19.8. The Morgan fingerprint density at radius 1 is 0.574 bits per heavy atom. The van der Waals surface area contributed by atoms with E-state index in [1.54, 1.807) is 0 Å². The standard InChI is InChI=1S/C55H100O12S/c1-3-5-7-9-11-13-15-17-19-21-22-23-24-25-26-27-28-29-30-32-34-36-38-40-42-44-51(57)65-49(48-64-55-53(59)54(67-68(60,61)62)52(58)50(46-56)66-55)47-63-45-43-41-39-37-35-33-31-20-18-16-14-12-10-8-6-4-2/h5,7,11,13,17,19,22-23,49-50,52-56,58-59H,3-4,6,8-10,12,14-16,18,20-21,24-48H2,1-2H3,(H,60,61,62)/b7-5-,13-11-,19-17-,23-22-. The summed E-state index contributed by atoms with van der Waals surface area (Å²) in [4.78, 5) is 12.9. The third-order valence-electron chi connectivity index (χ3n) is 12.5. The van der Waals surface area contributed by atoms with Crippen LogP contribution in [0.4, 0.5) is 0 Å². The summed E-state index contributed by atoms with van der Waals surface area (Å²) in [5.74, 6) is -0.399. The summed E-state index contributed by atoms with van der Waals surface area (Å²) >= 11 is 0. The van der Waals surface area contributed by atoms with Gasteiger partial charge in [0, 0.05) is 13.0 Å². The molecule has 0 amide bonds. The summed E-state index contributed by atoms with van der Waals surface area (Å²) in [6.07, 6.45) is 48.6. The molecule has 0 bridgehead atoms. The van der Waals surface area contributed by atoms with Gasteiger partial charge < -0.3 is 34.3 Å². The monoisotopic (exact) mass is 985 g/mol. The lowest BCUT2D eigenvalue weighted by Gasteiger charge is -2.41. The Kier molecular flexibility index (Phi) is 43.5. The number of aliphatic hydroxyl groups is 3. The van der Waals surface area contributed by atoms with Crippen LogP contribution >= 0.6 is 0 Å². The summed E-state index contributed by atoms with van der Waals surface area (Å²) < 4.78 is 59.3. The maximum atomic E-state index is 12.9. The lowest BCUT2D eigenvalue weighted by molar-refractivity contribution is -0.301. The van der Waals surface area contributed by atoms with Crippen molar-refractivity contribution in [3.05, 3.63) is 48.6 Å². The Bertz CT molecular complexity index is 1370. The van der Waals surface area contributed by atoms with Crippen LogP contribution in [0.1, 0.15) is 232 Å². The lowest BCUT2D eigenvalue weighted by Crippen LogP contribution is -2.60. The maximum absolute atomic E-state index is 12.9. The van der Waals surface area contributed by atoms with Gasteiger partial charge in [-0.05, 0) is 51.4 Å². The van der Waals surface area contributed by atoms with Crippen molar-refractivity contribution in [3.8, 4) is 0 Å². The number of hydrogen-bond donors (Lipinski definition) is 4. The van der Waals surface area contributed by atoms with E-state index in [1.807, 2.05) is 0 Å². The van der Waals surface area contributed by atoms with Gasteiger partial charge in [0.05, 0.1) is 19.8 Å². The summed E-state index contributed by atoms with van der Waals surface area (Å²) in [7, 11) is -5.07. The van der Waals surface area contributed by atoms with Crippen LogP contribution in [0, 0.1) is 0 Å². The number of hydrogen-bond acceptors (Lipinski definition) is 11. The average molecular weight is 985 g/mol. The molecule has 1 saturated heterocycles. The van der Waals surface area contributed by atoms with Crippen LogP contribution in [-0.2, 0) is 38.3 Å². The molecular weight excluding hydrogens is 885 g/mol. The van der Waals surface area contributed by atoms with Gasteiger partial charge in [0.25, 0.3) is 0 Å². The zero-order valence-electron chi connectivity index (χ0n) is 42.9. The zero-order valence-corrected chi connectivity index (χ0v) is 43.7. The molecule has 1 aliphatic rings. The minimum absolute atomic E-state index is 0.0380. The number of esters is 1. The molecule has 12 nitrogen and oxygen atoms in total. The van der Waals surface area contributed by atoms with Crippen molar-refractivity contribution in [1.82, 2.24) is 0 Å². The molecule has 0 aromatic heterocycles. The molecule has 68 heavy (non-hydrogen) atoms. The van der Waals surface area contributed by atoms with Crippen molar-refractivity contribution >= 4 is 16.4 Å². The Balaban J connectivity index is 2.30. The number of ether oxygens (including phenoxy) is 4. The first-order chi connectivity index (χ1) is 33.1. The predicted molar refractivity (Wildman–Crippen MR) is 276 cm³/mol. The molecule has 6 atom stereocenters. The molecule has 398 valence electrons. The van der Waals surface area contributed by atoms with E-state index in [-0.39, 0.29) is 19.6 Å². The van der Waals surface area contributed by atoms with Crippen LogP contribution in [0.25, 0.3) is 0 Å². The summed E-state index contributed by atoms with van der Waals surface area (Å²) in [5.41, 5.74) is 0. The molecule has 0 aromatic rings. The SMILES string of the molecule is CC/C=C\C/C=C\C/C=C\C/C=C\CCCCCCCCCCCCCCC(=O)OC(COCCCCCCCCCCCCCCCCCC)COC1OC(CO)C(O)C(OS(=O)(=O)O)C1O. The van der Waals surface area contributed by atoms with E-state index >= 15 is 0 Å². The van der Waals surface area contributed by atoms with Gasteiger partial charge in [0.15, 0.2) is 6.29 Å². The van der Waals surface area contributed by atoms with Gasteiger partial charge in [-0.1, -0.05) is 223 Å². The van der Waals surface area contributed by atoms with E-state index in [2.05, 4.69) is 66.6 Å². The highest BCUT2D eigenvalue weighted by atomic mass is 32.3. The number of aliphatic hydroxyl groups excluding tert-OH is 3. The van der Waals surface area contributed by atoms with Crippen LogP contribution in [-0.4, -0.2) is 97.5 Å². The number of unbranched alkanes of at least 4 members (excludes halogenated alkanes) is 27. The highest BCUT2D eigenvalue weighted by Gasteiger charge is 2.48. The normalized spacial score (nSPS) is 19.6. The summed E-state index contributed by atoms with van der Waals surface area (Å²) in [5, 5.41) is 30.8. The van der Waals surface area contributed by atoms with Crippen LogP contribution in [0.2, 0.25) is 0 Å². The third kappa shape index (κ3) is 38.8. The van der Waals surface area contributed by atoms with Crippen molar-refractivity contribution in [2.45, 2.75) is 269 Å². The molecule has 1 fully saturated rings. The first kappa shape index (κ1) is 64.1. The quantitative estimate of drug-likeness (QED) is 0.0197. The van der Waals surface area contributed by atoms with Crippen LogP contribution < -0.4 is 0 Å². The number of carbonyl (C=O) groups excluding carboxylic acids is 1. The molecule has 0 spiro atoms. The smallest absolute Gasteiger partial charge is 0.397 e. The summed E-state index contributed by atoms with van der Waals surface area (Å²) in [6.45, 7) is 3.92. The molecule has 0 aromatic carbocycles. The van der Waals surface area contributed by atoms with Crippen LogP contribution in [0.3, 0.4) is 0 Å². The van der Waals surface area contributed by atoms with E-state index in [9.17, 15) is 33.1 Å². The molecule has 0 radical (unpaired) electrons. The fourth-order valence-corrected chi connectivity index (χ4v) is 8.88. The Hall–Kier alpha value is -1.94. The third-order valence-corrected chi connectivity index (χ3v) is 12.9. The fourth-order valence-electron chi connectivity index (χ4n) is 8.37. The highest BCUT2D eigenvalue weighted by Crippen LogP contribution is 2.26. The van der Waals surface area contributed by atoms with Gasteiger partial charge in [0.2, 0.25) is 0 Å². The number of carbonyl (C=O) groups is 1. The second-order valence-electron chi connectivity index (χ2n) is 18.8. The first-order valence-electron chi connectivity index (χ1n) is 27.4. The molecule has 1 heterocycles. The molecule has 0 saturated carbocycles. The molecule has 0 aliphatic carbocycles. The van der Waals surface area contributed by atoms with Gasteiger partial charge in [-0.15, -0.1) is 0 Å². The van der Waals surface area contributed by atoms with Crippen molar-refractivity contribution in [3.63, 3.8) is 0 Å². The topological polar surface area (TPSA) is 178 Å². The van der Waals surface area contributed by atoms with Gasteiger partial charge in [-0.2, -0.15) is 8.42 Å².